The predicted octanol–water partition coefficient (Wildman–Crippen LogP) is 2.68. The summed E-state index contributed by atoms with van der Waals surface area (Å²) >= 11 is 2.03. The van der Waals surface area contributed by atoms with Crippen LogP contribution >= 0.6 is 11.8 Å². The Morgan fingerprint density at radius 1 is 1.40 bits per heavy atom. The summed E-state index contributed by atoms with van der Waals surface area (Å²) in [4.78, 5) is 0. The van der Waals surface area contributed by atoms with Crippen LogP contribution in [0, 0.1) is 17.8 Å². The lowest BCUT2D eigenvalue weighted by atomic mass is 9.75. The molecule has 15 heavy (non-hydrogen) atoms. The number of rotatable bonds is 3. The Morgan fingerprint density at radius 3 is 2.53 bits per heavy atom. The van der Waals surface area contributed by atoms with Gasteiger partial charge in [0.2, 0.25) is 0 Å². The van der Waals surface area contributed by atoms with Crippen molar-refractivity contribution in [2.24, 2.45) is 17.8 Å². The van der Waals surface area contributed by atoms with Crippen molar-refractivity contribution in [3.63, 3.8) is 0 Å². The van der Waals surface area contributed by atoms with Crippen LogP contribution in [0.25, 0.3) is 0 Å². The topological polar surface area (TPSA) is 9.23 Å². The first-order chi connectivity index (χ1) is 6.96. The van der Waals surface area contributed by atoms with Gasteiger partial charge in [-0.1, -0.05) is 27.7 Å². The summed E-state index contributed by atoms with van der Waals surface area (Å²) in [6.45, 7) is 9.16. The lowest BCUT2D eigenvalue weighted by Gasteiger charge is -2.35. The van der Waals surface area contributed by atoms with E-state index >= 15 is 0 Å². The molecular formula is C12H21BOS. The van der Waals surface area contributed by atoms with Crippen LogP contribution in [0.3, 0.4) is 0 Å². The highest BCUT2D eigenvalue weighted by Gasteiger charge is 2.59. The van der Waals surface area contributed by atoms with Crippen LogP contribution in [0.5, 0.6) is 0 Å². The minimum Gasteiger partial charge on any atom is -0.379 e. The normalized spacial score (nSPS) is 44.5. The molecule has 1 unspecified atom stereocenters. The van der Waals surface area contributed by atoms with Crippen molar-refractivity contribution in [2.75, 3.05) is 5.75 Å². The first kappa shape index (κ1) is 11.8. The smallest absolute Gasteiger partial charge is 0.110 e. The second kappa shape index (κ2) is 3.99. The number of hydrogen-bond donors (Lipinski definition) is 0. The van der Waals surface area contributed by atoms with E-state index in [1.54, 1.807) is 0 Å². The standard InChI is InChI=1S/C12H21BOS/c1-7(2)5-12-6-15-10(11(13)14-12)9(12)8(3)4/h7-11H,5-6H2,1-4H3/t9?,10-,11+,12-/m0/s1. The van der Waals surface area contributed by atoms with E-state index in [0.717, 1.165) is 12.2 Å². The summed E-state index contributed by atoms with van der Waals surface area (Å²) in [5.74, 6) is 3.17. The second-order valence-corrected chi connectivity index (χ2v) is 6.96. The van der Waals surface area contributed by atoms with Gasteiger partial charge in [-0.05, 0) is 18.3 Å². The van der Waals surface area contributed by atoms with Crippen molar-refractivity contribution in [3.05, 3.63) is 0 Å². The Hall–Kier alpha value is 0.375. The Balaban J connectivity index is 2.21. The summed E-state index contributed by atoms with van der Waals surface area (Å²) in [6.07, 6.45) is 1.16. The van der Waals surface area contributed by atoms with Gasteiger partial charge in [-0.25, -0.2) is 0 Å². The molecule has 2 aliphatic rings. The fourth-order valence-electron chi connectivity index (χ4n) is 3.41. The Kier molecular flexibility index (Phi) is 3.15. The van der Waals surface area contributed by atoms with Gasteiger partial charge in [0.15, 0.2) is 0 Å². The maximum atomic E-state index is 6.09. The molecule has 4 atom stereocenters. The lowest BCUT2D eigenvalue weighted by molar-refractivity contribution is -0.0390. The fraction of sp³-hybridized carbons (Fsp3) is 1.00. The number of hydrogen-bond acceptors (Lipinski definition) is 2. The van der Waals surface area contributed by atoms with Crippen molar-refractivity contribution in [3.8, 4) is 0 Å². The van der Waals surface area contributed by atoms with Crippen LogP contribution in [-0.2, 0) is 4.74 Å². The van der Waals surface area contributed by atoms with Gasteiger partial charge in [-0.3, -0.25) is 0 Å². The molecule has 0 aliphatic carbocycles. The third kappa shape index (κ3) is 1.86. The van der Waals surface area contributed by atoms with E-state index in [9.17, 15) is 0 Å². The van der Waals surface area contributed by atoms with Crippen molar-refractivity contribution >= 4 is 19.6 Å². The minimum absolute atomic E-state index is 0.0325. The quantitative estimate of drug-likeness (QED) is 0.681. The van der Waals surface area contributed by atoms with Gasteiger partial charge in [-0.2, -0.15) is 11.8 Å². The van der Waals surface area contributed by atoms with Crippen molar-refractivity contribution in [1.29, 1.82) is 0 Å². The molecule has 0 spiro atoms. The maximum Gasteiger partial charge on any atom is 0.110 e. The summed E-state index contributed by atoms with van der Waals surface area (Å²) < 4.78 is 6.09. The zero-order chi connectivity index (χ0) is 11.2. The van der Waals surface area contributed by atoms with Crippen LogP contribution in [0.2, 0.25) is 0 Å². The van der Waals surface area contributed by atoms with E-state index < -0.39 is 0 Å². The zero-order valence-corrected chi connectivity index (χ0v) is 11.0. The van der Waals surface area contributed by atoms with Gasteiger partial charge < -0.3 is 4.74 Å². The third-order valence-corrected chi connectivity index (χ3v) is 5.25. The molecule has 0 aromatic rings. The molecule has 0 aromatic heterocycles. The summed E-state index contributed by atoms with van der Waals surface area (Å²) in [5.41, 5.74) is 0.0804. The van der Waals surface area contributed by atoms with Crippen molar-refractivity contribution in [2.45, 2.75) is 51.0 Å². The molecule has 2 aliphatic heterocycles. The molecule has 2 saturated heterocycles. The van der Waals surface area contributed by atoms with E-state index in [4.69, 9.17) is 12.6 Å². The van der Waals surface area contributed by atoms with E-state index in [1.807, 2.05) is 11.8 Å². The van der Waals surface area contributed by atoms with Crippen LogP contribution < -0.4 is 0 Å². The largest absolute Gasteiger partial charge is 0.379 e. The molecular weight excluding hydrogens is 203 g/mol. The summed E-state index contributed by atoms with van der Waals surface area (Å²) in [5, 5.41) is 0.531. The van der Waals surface area contributed by atoms with Gasteiger partial charge in [0.1, 0.15) is 7.85 Å². The molecule has 3 heteroatoms. The first-order valence-corrected chi connectivity index (χ1v) is 7.06. The molecule has 0 N–H and O–H groups in total. The molecule has 2 heterocycles. The van der Waals surface area contributed by atoms with E-state index in [2.05, 4.69) is 27.7 Å². The minimum atomic E-state index is -0.0325. The highest BCUT2D eigenvalue weighted by molar-refractivity contribution is 8.00. The van der Waals surface area contributed by atoms with Gasteiger partial charge in [0.05, 0.1) is 5.60 Å². The molecule has 0 saturated carbocycles. The first-order valence-electron chi connectivity index (χ1n) is 6.01. The average molecular weight is 224 g/mol. The average Bonchev–Trinajstić information content (AvgIpc) is 2.53. The van der Waals surface area contributed by atoms with Gasteiger partial charge in [-0.15, -0.1) is 0 Å². The highest BCUT2D eigenvalue weighted by Crippen LogP contribution is 2.56. The Labute approximate surface area is 99.1 Å². The summed E-state index contributed by atoms with van der Waals surface area (Å²) in [6, 6.07) is -0.0325. The number of thioether (sulfide) groups is 1. The molecule has 0 amide bonds. The van der Waals surface area contributed by atoms with Gasteiger partial charge in [0.25, 0.3) is 0 Å². The van der Waals surface area contributed by atoms with Crippen molar-refractivity contribution in [1.82, 2.24) is 0 Å². The Bertz CT molecular complexity index is 244. The van der Waals surface area contributed by atoms with Crippen LogP contribution in [0.1, 0.15) is 34.1 Å². The molecule has 2 bridgehead atoms. The monoisotopic (exact) mass is 224 g/mol. The molecule has 84 valence electrons. The van der Waals surface area contributed by atoms with Gasteiger partial charge in [0, 0.05) is 22.9 Å². The SMILES string of the molecule is [B][C@@H]1O[C@@]2(CC(C)C)CS[C@H]1C2C(C)C. The summed E-state index contributed by atoms with van der Waals surface area (Å²) in [7, 11) is 6.07. The number of ether oxygens (including phenoxy) is 1. The third-order valence-electron chi connectivity index (χ3n) is 3.65. The maximum absolute atomic E-state index is 6.09. The Morgan fingerprint density at radius 2 is 2.07 bits per heavy atom. The predicted molar refractivity (Wildman–Crippen MR) is 67.4 cm³/mol. The van der Waals surface area contributed by atoms with Crippen LogP contribution in [-0.4, -0.2) is 30.5 Å². The molecule has 1 nitrogen and oxygen atoms in total. The molecule has 2 rings (SSSR count). The van der Waals surface area contributed by atoms with Gasteiger partial charge >= 0.3 is 0 Å². The highest BCUT2D eigenvalue weighted by atomic mass is 32.2. The van der Waals surface area contributed by atoms with E-state index in [-0.39, 0.29) is 11.6 Å². The van der Waals surface area contributed by atoms with E-state index in [1.165, 1.54) is 0 Å². The zero-order valence-electron chi connectivity index (χ0n) is 10.2. The molecule has 0 aromatic carbocycles. The second-order valence-electron chi connectivity index (χ2n) is 5.79. The number of fused-ring (bicyclic) bond motifs is 2. The van der Waals surface area contributed by atoms with E-state index in [0.29, 0.717) is 23.0 Å². The fourth-order valence-corrected chi connectivity index (χ4v) is 5.28. The van der Waals surface area contributed by atoms with Crippen LogP contribution in [0.15, 0.2) is 0 Å². The van der Waals surface area contributed by atoms with Crippen molar-refractivity contribution < 1.29 is 4.74 Å². The lowest BCUT2D eigenvalue weighted by Crippen LogP contribution is -2.40. The van der Waals surface area contributed by atoms with Crippen LogP contribution in [0.4, 0.5) is 0 Å². The molecule has 2 fully saturated rings. The molecule has 2 radical (unpaired) electrons.